The third kappa shape index (κ3) is 3.38. The molecule has 0 unspecified atom stereocenters. The van der Waals surface area contributed by atoms with Crippen LogP contribution in [0.2, 0.25) is 19.6 Å². The Bertz CT molecular complexity index is 504. The molecule has 1 aromatic carbocycles. The van der Waals surface area contributed by atoms with E-state index in [-0.39, 0.29) is 0 Å². The van der Waals surface area contributed by atoms with Crippen molar-refractivity contribution in [1.82, 2.24) is 0 Å². The van der Waals surface area contributed by atoms with E-state index in [0.29, 0.717) is 22.6 Å². The number of carbonyl (C=O) groups is 1. The minimum Gasteiger partial charge on any atom is -0.496 e. The van der Waals surface area contributed by atoms with Crippen LogP contribution in [0, 0.1) is 11.5 Å². The van der Waals surface area contributed by atoms with E-state index in [1.807, 2.05) is 0 Å². The number of rotatable bonds is 3. The van der Waals surface area contributed by atoms with Crippen molar-refractivity contribution in [3.8, 4) is 23.0 Å². The Kier molecular flexibility index (Phi) is 4.57. The SMILES string of the molecule is COc1ccc(OC)c(C=O)c1C#C[Si](C)(C)C. The van der Waals surface area contributed by atoms with Gasteiger partial charge in [0, 0.05) is 0 Å². The van der Waals surface area contributed by atoms with Crippen LogP contribution in [-0.4, -0.2) is 28.6 Å². The number of benzene rings is 1. The first kappa shape index (κ1) is 14.3. The number of carbonyl (C=O) groups excluding carboxylic acids is 1. The van der Waals surface area contributed by atoms with E-state index in [1.165, 1.54) is 7.11 Å². The Balaban J connectivity index is 3.45. The first-order valence-corrected chi connectivity index (χ1v) is 9.16. The average Bonchev–Trinajstić information content (AvgIpc) is 2.33. The molecule has 0 fully saturated rings. The normalized spacial score (nSPS) is 10.3. The molecular weight excluding hydrogens is 244 g/mol. The van der Waals surface area contributed by atoms with Crippen molar-refractivity contribution in [3.05, 3.63) is 23.3 Å². The first-order valence-electron chi connectivity index (χ1n) is 5.66. The zero-order chi connectivity index (χ0) is 13.8. The smallest absolute Gasteiger partial charge is 0.155 e. The number of hydrogen-bond acceptors (Lipinski definition) is 3. The maximum Gasteiger partial charge on any atom is 0.155 e. The maximum absolute atomic E-state index is 11.2. The Morgan fingerprint density at radius 2 is 1.67 bits per heavy atom. The van der Waals surface area contributed by atoms with Crippen LogP contribution in [0.3, 0.4) is 0 Å². The largest absolute Gasteiger partial charge is 0.496 e. The summed E-state index contributed by atoms with van der Waals surface area (Å²) in [5, 5.41) is 0. The molecule has 0 N–H and O–H groups in total. The molecule has 0 amide bonds. The average molecular weight is 262 g/mol. The fourth-order valence-electron chi connectivity index (χ4n) is 1.42. The maximum atomic E-state index is 11.2. The van der Waals surface area contributed by atoms with Crippen LogP contribution in [0.1, 0.15) is 15.9 Å². The molecule has 0 bridgehead atoms. The van der Waals surface area contributed by atoms with Gasteiger partial charge in [-0.25, -0.2) is 0 Å². The summed E-state index contributed by atoms with van der Waals surface area (Å²) >= 11 is 0. The summed E-state index contributed by atoms with van der Waals surface area (Å²) in [6.07, 6.45) is 0.760. The molecule has 1 aromatic rings. The number of ether oxygens (including phenoxy) is 2. The van der Waals surface area contributed by atoms with Crippen LogP contribution >= 0.6 is 0 Å². The highest BCUT2D eigenvalue weighted by atomic mass is 28.3. The molecule has 0 spiro atoms. The molecule has 0 atom stereocenters. The molecule has 4 heteroatoms. The lowest BCUT2D eigenvalue weighted by atomic mass is 10.1. The van der Waals surface area contributed by atoms with Crippen molar-refractivity contribution in [2.45, 2.75) is 19.6 Å². The molecule has 18 heavy (non-hydrogen) atoms. The van der Waals surface area contributed by atoms with E-state index < -0.39 is 8.07 Å². The molecule has 0 saturated heterocycles. The zero-order valence-electron chi connectivity index (χ0n) is 11.5. The van der Waals surface area contributed by atoms with Crippen molar-refractivity contribution in [2.75, 3.05) is 14.2 Å². The van der Waals surface area contributed by atoms with Crippen LogP contribution in [0.4, 0.5) is 0 Å². The van der Waals surface area contributed by atoms with Crippen LogP contribution < -0.4 is 9.47 Å². The summed E-state index contributed by atoms with van der Waals surface area (Å²) in [4.78, 5) is 11.2. The topological polar surface area (TPSA) is 35.5 Å². The molecule has 0 radical (unpaired) electrons. The fourth-order valence-corrected chi connectivity index (χ4v) is 1.92. The minimum atomic E-state index is -1.51. The molecule has 96 valence electrons. The molecule has 0 aliphatic carbocycles. The third-order valence-electron chi connectivity index (χ3n) is 2.29. The van der Waals surface area contributed by atoms with Crippen molar-refractivity contribution >= 4 is 14.4 Å². The van der Waals surface area contributed by atoms with Gasteiger partial charge in [-0.1, -0.05) is 25.6 Å². The minimum absolute atomic E-state index is 0.447. The Morgan fingerprint density at radius 1 is 1.11 bits per heavy atom. The van der Waals surface area contributed by atoms with Gasteiger partial charge in [0.05, 0.1) is 25.3 Å². The van der Waals surface area contributed by atoms with Crippen LogP contribution in [0.25, 0.3) is 0 Å². The van der Waals surface area contributed by atoms with E-state index in [9.17, 15) is 4.79 Å². The lowest BCUT2D eigenvalue weighted by Crippen LogP contribution is -2.16. The lowest BCUT2D eigenvalue weighted by Gasteiger charge is -2.10. The van der Waals surface area contributed by atoms with Gasteiger partial charge in [0.25, 0.3) is 0 Å². The van der Waals surface area contributed by atoms with Crippen molar-refractivity contribution in [3.63, 3.8) is 0 Å². The third-order valence-corrected chi connectivity index (χ3v) is 3.16. The second kappa shape index (κ2) is 5.74. The Hall–Kier alpha value is -1.73. The summed E-state index contributed by atoms with van der Waals surface area (Å²) in [6.45, 7) is 6.44. The Morgan fingerprint density at radius 3 is 2.11 bits per heavy atom. The van der Waals surface area contributed by atoms with Crippen LogP contribution in [-0.2, 0) is 0 Å². The second-order valence-electron chi connectivity index (χ2n) is 4.88. The van der Waals surface area contributed by atoms with Gasteiger partial charge in [0.15, 0.2) is 6.29 Å². The number of aldehydes is 1. The summed E-state index contributed by atoms with van der Waals surface area (Å²) in [7, 11) is 1.59. The molecule has 0 aromatic heterocycles. The first-order chi connectivity index (χ1) is 8.42. The van der Waals surface area contributed by atoms with Crippen molar-refractivity contribution in [2.24, 2.45) is 0 Å². The van der Waals surface area contributed by atoms with E-state index >= 15 is 0 Å². The molecular formula is C14H18O3Si. The lowest BCUT2D eigenvalue weighted by molar-refractivity contribution is 0.112. The Labute approximate surface area is 109 Å². The summed E-state index contributed by atoms with van der Waals surface area (Å²) in [5.41, 5.74) is 4.29. The number of methoxy groups -OCH3 is 2. The highest BCUT2D eigenvalue weighted by Crippen LogP contribution is 2.28. The summed E-state index contributed by atoms with van der Waals surface area (Å²) in [5.74, 6) is 4.19. The zero-order valence-corrected chi connectivity index (χ0v) is 12.5. The molecule has 0 heterocycles. The van der Waals surface area contributed by atoms with Gasteiger partial charge >= 0.3 is 0 Å². The van der Waals surface area contributed by atoms with Gasteiger partial charge in [-0.05, 0) is 12.1 Å². The van der Waals surface area contributed by atoms with Gasteiger partial charge in [-0.3, -0.25) is 4.79 Å². The van der Waals surface area contributed by atoms with Crippen LogP contribution in [0.15, 0.2) is 12.1 Å². The summed E-state index contributed by atoms with van der Waals surface area (Å²) < 4.78 is 10.4. The van der Waals surface area contributed by atoms with Gasteiger partial charge in [0.1, 0.15) is 19.6 Å². The molecule has 0 aliphatic rings. The predicted octanol–water partition coefficient (Wildman–Crippen LogP) is 2.75. The van der Waals surface area contributed by atoms with E-state index in [2.05, 4.69) is 31.1 Å². The fraction of sp³-hybridized carbons (Fsp3) is 0.357. The van der Waals surface area contributed by atoms with Gasteiger partial charge in [-0.15, -0.1) is 5.54 Å². The number of hydrogen-bond donors (Lipinski definition) is 0. The van der Waals surface area contributed by atoms with Gasteiger partial charge < -0.3 is 9.47 Å². The molecule has 3 nitrogen and oxygen atoms in total. The standard InChI is InChI=1S/C14H18O3Si/c1-16-13-6-7-14(17-2)12(10-15)11(13)8-9-18(3,4)5/h6-7,10H,1-5H3. The van der Waals surface area contributed by atoms with Crippen LogP contribution in [0.5, 0.6) is 11.5 Å². The van der Waals surface area contributed by atoms with Gasteiger partial charge in [-0.2, -0.15) is 0 Å². The molecule has 0 aliphatic heterocycles. The van der Waals surface area contributed by atoms with E-state index in [4.69, 9.17) is 9.47 Å². The van der Waals surface area contributed by atoms with Gasteiger partial charge in [0.2, 0.25) is 0 Å². The predicted molar refractivity (Wildman–Crippen MR) is 75.2 cm³/mol. The monoisotopic (exact) mass is 262 g/mol. The molecule has 1 rings (SSSR count). The quantitative estimate of drug-likeness (QED) is 0.477. The van der Waals surface area contributed by atoms with Crippen molar-refractivity contribution in [1.29, 1.82) is 0 Å². The molecule has 0 saturated carbocycles. The van der Waals surface area contributed by atoms with E-state index in [1.54, 1.807) is 19.2 Å². The highest BCUT2D eigenvalue weighted by Gasteiger charge is 2.14. The van der Waals surface area contributed by atoms with E-state index in [0.717, 1.165) is 6.29 Å². The highest BCUT2D eigenvalue weighted by molar-refractivity contribution is 6.83. The summed E-state index contributed by atoms with van der Waals surface area (Å²) in [6, 6.07) is 3.47. The van der Waals surface area contributed by atoms with Crippen molar-refractivity contribution < 1.29 is 14.3 Å². The second-order valence-corrected chi connectivity index (χ2v) is 9.63.